The van der Waals surface area contributed by atoms with E-state index in [0.717, 1.165) is 4.34 Å². The summed E-state index contributed by atoms with van der Waals surface area (Å²) in [6.07, 6.45) is 1.68. The molecule has 0 bridgehead atoms. The molecule has 0 aliphatic carbocycles. The molecule has 0 aromatic carbocycles. The van der Waals surface area contributed by atoms with E-state index in [0.29, 0.717) is 27.5 Å². The van der Waals surface area contributed by atoms with Crippen LogP contribution in [0.1, 0.15) is 24.3 Å². The molecule has 7 nitrogen and oxygen atoms in total. The number of aromatic nitrogens is 5. The third kappa shape index (κ3) is 3.93. The van der Waals surface area contributed by atoms with Crippen molar-refractivity contribution >= 4 is 34.1 Å². The number of carbonyl (C=O) groups excluding carboxylic acids is 1. The molecule has 0 unspecified atom stereocenters. The molecule has 3 heterocycles. The number of hydrogen-bond acceptors (Lipinski definition) is 7. The van der Waals surface area contributed by atoms with Crippen LogP contribution in [0.3, 0.4) is 0 Å². The van der Waals surface area contributed by atoms with Crippen molar-refractivity contribution in [1.29, 1.82) is 0 Å². The smallest absolute Gasteiger partial charge is 0.275 e. The first-order valence-corrected chi connectivity index (χ1v) is 8.60. The Bertz CT molecular complexity index is 798. The lowest BCUT2D eigenvalue weighted by atomic mass is 10.2. The van der Waals surface area contributed by atoms with Crippen LogP contribution in [0.2, 0.25) is 0 Å². The number of rotatable bonds is 5. The molecule has 3 aromatic heterocycles. The van der Waals surface area contributed by atoms with Gasteiger partial charge in [0.05, 0.1) is 5.69 Å². The summed E-state index contributed by atoms with van der Waals surface area (Å²) in [4.78, 5) is 16.4. The summed E-state index contributed by atoms with van der Waals surface area (Å²) in [5, 5.41) is 18.4. The molecule has 3 aromatic rings. The zero-order chi connectivity index (χ0) is 16.2. The summed E-state index contributed by atoms with van der Waals surface area (Å²) in [5.41, 5.74) is 1.66. The number of thioether (sulfide) groups is 1. The lowest BCUT2D eigenvalue weighted by Gasteiger charge is -1.98. The van der Waals surface area contributed by atoms with Crippen molar-refractivity contribution in [2.45, 2.75) is 23.4 Å². The maximum Gasteiger partial charge on any atom is 0.275 e. The van der Waals surface area contributed by atoms with Gasteiger partial charge in [-0.25, -0.2) is 0 Å². The topological polar surface area (TPSA) is 96.5 Å². The predicted molar refractivity (Wildman–Crippen MR) is 90.7 cm³/mol. The maximum atomic E-state index is 12.2. The van der Waals surface area contributed by atoms with Crippen LogP contribution in [-0.4, -0.2) is 36.5 Å². The zero-order valence-corrected chi connectivity index (χ0v) is 14.1. The Morgan fingerprint density at radius 1 is 1.30 bits per heavy atom. The van der Waals surface area contributed by atoms with E-state index in [2.05, 4.69) is 44.5 Å². The first-order valence-electron chi connectivity index (χ1n) is 6.90. The monoisotopic (exact) mass is 346 g/mol. The van der Waals surface area contributed by atoms with Gasteiger partial charge < -0.3 is 0 Å². The largest absolute Gasteiger partial charge is 0.295 e. The lowest BCUT2D eigenvalue weighted by molar-refractivity contribution is 0.102. The average Bonchev–Trinajstić information content (AvgIpc) is 3.17. The second-order valence-electron chi connectivity index (χ2n) is 4.88. The highest BCUT2D eigenvalue weighted by atomic mass is 32.2. The van der Waals surface area contributed by atoms with Crippen molar-refractivity contribution < 1.29 is 4.79 Å². The van der Waals surface area contributed by atoms with Gasteiger partial charge in [-0.3, -0.25) is 20.2 Å². The number of hydrogen-bond donors (Lipinski definition) is 2. The highest BCUT2D eigenvalue weighted by Crippen LogP contribution is 2.28. The first kappa shape index (κ1) is 15.6. The highest BCUT2D eigenvalue weighted by molar-refractivity contribution is 8.01. The quantitative estimate of drug-likeness (QED) is 0.544. The number of H-pyrrole nitrogens is 1. The van der Waals surface area contributed by atoms with Crippen molar-refractivity contribution in [3.8, 4) is 11.4 Å². The van der Waals surface area contributed by atoms with E-state index in [4.69, 9.17) is 0 Å². The summed E-state index contributed by atoms with van der Waals surface area (Å²) in [6, 6.07) is 7.18. The molecule has 0 saturated carbocycles. The number of carbonyl (C=O) groups is 1. The summed E-state index contributed by atoms with van der Waals surface area (Å²) in [7, 11) is 0. The minimum atomic E-state index is -0.308. The van der Waals surface area contributed by atoms with E-state index in [-0.39, 0.29) is 5.91 Å². The minimum Gasteiger partial charge on any atom is -0.295 e. The van der Waals surface area contributed by atoms with Crippen molar-refractivity contribution in [3.63, 3.8) is 0 Å². The van der Waals surface area contributed by atoms with Gasteiger partial charge >= 0.3 is 0 Å². The molecule has 118 valence electrons. The Labute approximate surface area is 141 Å². The summed E-state index contributed by atoms with van der Waals surface area (Å²) in [5.74, 6) is -0.308. The molecule has 0 aliphatic heterocycles. The van der Waals surface area contributed by atoms with Crippen LogP contribution < -0.4 is 5.32 Å². The van der Waals surface area contributed by atoms with Gasteiger partial charge in [0.2, 0.25) is 5.13 Å². The molecule has 0 radical (unpaired) electrons. The molecule has 9 heteroatoms. The predicted octanol–water partition coefficient (Wildman–Crippen LogP) is 3.08. The van der Waals surface area contributed by atoms with Crippen molar-refractivity contribution in [1.82, 2.24) is 25.4 Å². The Morgan fingerprint density at radius 3 is 2.91 bits per heavy atom. The number of pyridine rings is 1. The Hall–Kier alpha value is -2.26. The minimum absolute atomic E-state index is 0.308. The number of nitrogens with one attached hydrogen (secondary N) is 2. The van der Waals surface area contributed by atoms with E-state index in [1.807, 2.05) is 18.2 Å². The van der Waals surface area contributed by atoms with Crippen LogP contribution in [0.5, 0.6) is 0 Å². The maximum absolute atomic E-state index is 12.2. The van der Waals surface area contributed by atoms with Gasteiger partial charge in [-0.15, -0.1) is 10.2 Å². The van der Waals surface area contributed by atoms with Crippen molar-refractivity contribution in [3.05, 3.63) is 36.2 Å². The molecule has 0 aliphatic rings. The number of amides is 1. The molecule has 0 atom stereocenters. The molecule has 3 rings (SSSR count). The van der Waals surface area contributed by atoms with E-state index >= 15 is 0 Å². The Balaban J connectivity index is 1.69. The normalized spacial score (nSPS) is 10.9. The van der Waals surface area contributed by atoms with Crippen molar-refractivity contribution in [2.24, 2.45) is 0 Å². The van der Waals surface area contributed by atoms with Gasteiger partial charge in [0.1, 0.15) is 11.4 Å². The lowest BCUT2D eigenvalue weighted by Crippen LogP contribution is -2.12. The van der Waals surface area contributed by atoms with Gasteiger partial charge in [-0.05, 0) is 18.2 Å². The van der Waals surface area contributed by atoms with Crippen LogP contribution in [0.4, 0.5) is 5.13 Å². The molecule has 0 saturated heterocycles. The zero-order valence-electron chi connectivity index (χ0n) is 12.5. The molecule has 1 amide bonds. The third-order valence-corrected chi connectivity index (χ3v) is 4.64. The summed E-state index contributed by atoms with van der Waals surface area (Å²) in [6.45, 7) is 4.15. The standard InChI is InChI=1S/C14H14N6OS2/c1-8(2)22-14-20-19-13(23-14)16-12(21)11-7-10(17-18-11)9-5-3-4-6-15-9/h3-8H,1-2H3,(H,17,18)(H,16,19,21). The van der Waals surface area contributed by atoms with Crippen LogP contribution >= 0.6 is 23.1 Å². The number of anilines is 1. The fraction of sp³-hybridized carbons (Fsp3) is 0.214. The Kier molecular flexibility index (Phi) is 4.68. The summed E-state index contributed by atoms with van der Waals surface area (Å²) >= 11 is 2.96. The van der Waals surface area contributed by atoms with Crippen LogP contribution in [-0.2, 0) is 0 Å². The van der Waals surface area contributed by atoms with Crippen molar-refractivity contribution in [2.75, 3.05) is 5.32 Å². The Morgan fingerprint density at radius 2 is 2.17 bits per heavy atom. The van der Waals surface area contributed by atoms with E-state index in [1.54, 1.807) is 24.0 Å². The molecule has 23 heavy (non-hydrogen) atoms. The number of nitrogens with zero attached hydrogens (tertiary/aromatic N) is 4. The second-order valence-corrected chi connectivity index (χ2v) is 7.68. The van der Waals surface area contributed by atoms with Gasteiger partial charge in [0.15, 0.2) is 4.34 Å². The van der Waals surface area contributed by atoms with Crippen LogP contribution in [0.25, 0.3) is 11.4 Å². The van der Waals surface area contributed by atoms with Gasteiger partial charge in [-0.2, -0.15) is 5.10 Å². The van der Waals surface area contributed by atoms with Gasteiger partial charge in [0, 0.05) is 11.4 Å². The third-order valence-electron chi connectivity index (χ3n) is 2.71. The van der Waals surface area contributed by atoms with Gasteiger partial charge in [0.25, 0.3) is 5.91 Å². The fourth-order valence-corrected chi connectivity index (χ4v) is 3.73. The molecular weight excluding hydrogens is 332 g/mol. The van der Waals surface area contributed by atoms with Crippen LogP contribution in [0, 0.1) is 0 Å². The fourth-order valence-electron chi connectivity index (χ4n) is 1.76. The van der Waals surface area contributed by atoms with E-state index < -0.39 is 0 Å². The summed E-state index contributed by atoms with van der Waals surface area (Å²) < 4.78 is 0.828. The first-order chi connectivity index (χ1) is 11.1. The molecule has 0 fully saturated rings. The molecular formula is C14H14N6OS2. The number of aromatic amines is 1. The second kappa shape index (κ2) is 6.88. The molecule has 0 spiro atoms. The average molecular weight is 346 g/mol. The van der Waals surface area contributed by atoms with E-state index in [1.165, 1.54) is 11.3 Å². The van der Waals surface area contributed by atoms with Gasteiger partial charge in [-0.1, -0.05) is 43.0 Å². The molecule has 2 N–H and O–H groups in total. The highest BCUT2D eigenvalue weighted by Gasteiger charge is 2.14. The van der Waals surface area contributed by atoms with Crippen LogP contribution in [0.15, 0.2) is 34.8 Å². The SMILES string of the molecule is CC(C)Sc1nnc(NC(=O)c2cc(-c3ccccn3)n[nH]2)s1. The van der Waals surface area contributed by atoms with E-state index in [9.17, 15) is 4.79 Å².